The van der Waals surface area contributed by atoms with Crippen molar-refractivity contribution in [3.8, 4) is 0 Å². The van der Waals surface area contributed by atoms with Gasteiger partial charge in [0.15, 0.2) is 5.60 Å². The SMILES string of the molecule is CCOC(=O)[C@H]1[C@@H]2CCC[C@]23OO[C@@]1(c1ccccc1)C1=C3COC1. The minimum Gasteiger partial charge on any atom is -0.466 e. The van der Waals surface area contributed by atoms with Gasteiger partial charge in [-0.3, -0.25) is 4.79 Å². The standard InChI is InChI=1S/C20H22O5/c1-2-23-18(21)17-14-9-6-10-19(14)15-11-22-12-16(15)20(17,25-24-19)13-7-4-3-5-8-13/h3-5,7-8,14,17H,2,6,9-12H2,1H3/t14-,17+,19-,20-/m0/s1. The lowest BCUT2D eigenvalue weighted by molar-refractivity contribution is -0.460. The summed E-state index contributed by atoms with van der Waals surface area (Å²) in [5.41, 5.74) is 1.76. The van der Waals surface area contributed by atoms with E-state index in [9.17, 15) is 4.79 Å². The first kappa shape index (κ1) is 15.6. The summed E-state index contributed by atoms with van der Waals surface area (Å²) in [7, 11) is 0. The molecule has 25 heavy (non-hydrogen) atoms. The van der Waals surface area contributed by atoms with Crippen LogP contribution >= 0.6 is 0 Å². The topological polar surface area (TPSA) is 54.0 Å². The molecule has 4 atom stereocenters. The molecule has 1 saturated carbocycles. The minimum atomic E-state index is -0.934. The Morgan fingerprint density at radius 3 is 2.80 bits per heavy atom. The first-order valence-corrected chi connectivity index (χ1v) is 9.14. The van der Waals surface area contributed by atoms with Crippen LogP contribution in [0.25, 0.3) is 0 Å². The molecule has 0 radical (unpaired) electrons. The monoisotopic (exact) mass is 342 g/mol. The van der Waals surface area contributed by atoms with Gasteiger partial charge < -0.3 is 9.47 Å². The fraction of sp³-hybridized carbons (Fsp3) is 0.550. The average Bonchev–Trinajstić information content (AvgIpc) is 3.30. The van der Waals surface area contributed by atoms with Crippen molar-refractivity contribution in [1.82, 2.24) is 0 Å². The molecule has 0 N–H and O–H groups in total. The van der Waals surface area contributed by atoms with Crippen molar-refractivity contribution < 1.29 is 24.0 Å². The number of benzene rings is 1. The van der Waals surface area contributed by atoms with Crippen LogP contribution in [0.1, 0.15) is 31.7 Å². The molecule has 2 aliphatic carbocycles. The number of carbonyl (C=O) groups excluding carboxylic acids is 1. The molecule has 5 nitrogen and oxygen atoms in total. The van der Waals surface area contributed by atoms with Gasteiger partial charge in [-0.05, 0) is 37.3 Å². The Hall–Kier alpha value is -1.69. The van der Waals surface area contributed by atoms with Gasteiger partial charge in [-0.25, -0.2) is 9.78 Å². The molecule has 5 heteroatoms. The molecule has 1 saturated heterocycles. The molecule has 5 aliphatic rings. The minimum absolute atomic E-state index is 0.0703. The number of rotatable bonds is 3. The summed E-state index contributed by atoms with van der Waals surface area (Å²) in [6.07, 6.45) is 2.84. The van der Waals surface area contributed by atoms with Gasteiger partial charge in [0.1, 0.15) is 11.5 Å². The number of fused-ring (bicyclic) bond motifs is 1. The van der Waals surface area contributed by atoms with Crippen molar-refractivity contribution in [3.63, 3.8) is 0 Å². The first-order valence-electron chi connectivity index (χ1n) is 9.14. The summed E-state index contributed by atoms with van der Waals surface area (Å²) >= 11 is 0. The molecule has 2 bridgehead atoms. The first-order chi connectivity index (χ1) is 12.2. The fourth-order valence-electron chi connectivity index (χ4n) is 5.47. The molecule has 1 aromatic rings. The smallest absolute Gasteiger partial charge is 0.313 e. The number of carbonyl (C=O) groups is 1. The van der Waals surface area contributed by atoms with Crippen LogP contribution in [-0.4, -0.2) is 31.4 Å². The number of ether oxygens (including phenoxy) is 2. The van der Waals surface area contributed by atoms with Crippen LogP contribution in [0.3, 0.4) is 0 Å². The highest BCUT2D eigenvalue weighted by atomic mass is 17.2. The lowest BCUT2D eigenvalue weighted by Crippen LogP contribution is -2.64. The third kappa shape index (κ3) is 1.81. The Morgan fingerprint density at radius 1 is 1.20 bits per heavy atom. The molecule has 1 spiro atoms. The maximum Gasteiger partial charge on any atom is 0.313 e. The van der Waals surface area contributed by atoms with Crippen LogP contribution in [0, 0.1) is 11.8 Å². The molecule has 0 unspecified atom stereocenters. The second-order valence-corrected chi connectivity index (χ2v) is 7.34. The molecule has 6 rings (SSSR count). The van der Waals surface area contributed by atoms with E-state index in [0.717, 1.165) is 30.4 Å². The largest absolute Gasteiger partial charge is 0.466 e. The van der Waals surface area contributed by atoms with Crippen LogP contribution in [0.15, 0.2) is 41.5 Å². The van der Waals surface area contributed by atoms with Gasteiger partial charge in [-0.2, -0.15) is 0 Å². The van der Waals surface area contributed by atoms with Gasteiger partial charge in [-0.15, -0.1) is 0 Å². The zero-order valence-electron chi connectivity index (χ0n) is 14.3. The number of hydrogen-bond acceptors (Lipinski definition) is 5. The molecular weight excluding hydrogens is 320 g/mol. The Labute approximate surface area is 146 Å². The highest BCUT2D eigenvalue weighted by Crippen LogP contribution is 2.66. The van der Waals surface area contributed by atoms with Gasteiger partial charge in [-0.1, -0.05) is 30.3 Å². The van der Waals surface area contributed by atoms with Crippen molar-refractivity contribution in [3.05, 3.63) is 47.0 Å². The lowest BCUT2D eigenvalue weighted by Gasteiger charge is -2.57. The Bertz CT molecular complexity index is 742. The van der Waals surface area contributed by atoms with Gasteiger partial charge in [0.05, 0.1) is 19.8 Å². The van der Waals surface area contributed by atoms with Crippen molar-refractivity contribution in [1.29, 1.82) is 0 Å². The van der Waals surface area contributed by atoms with Crippen molar-refractivity contribution in [2.75, 3.05) is 19.8 Å². The molecule has 2 fully saturated rings. The Morgan fingerprint density at radius 2 is 2.00 bits per heavy atom. The lowest BCUT2D eigenvalue weighted by atomic mass is 9.58. The van der Waals surface area contributed by atoms with Crippen LogP contribution in [0.2, 0.25) is 0 Å². The summed E-state index contributed by atoms with van der Waals surface area (Å²) in [4.78, 5) is 25.3. The summed E-state index contributed by atoms with van der Waals surface area (Å²) in [5.74, 6) is -0.517. The molecule has 0 amide bonds. The second-order valence-electron chi connectivity index (χ2n) is 7.34. The fourth-order valence-corrected chi connectivity index (χ4v) is 5.47. The molecule has 0 aromatic heterocycles. The maximum atomic E-state index is 13.1. The maximum absolute atomic E-state index is 13.1. The zero-order chi connectivity index (χ0) is 17.1. The summed E-state index contributed by atoms with van der Waals surface area (Å²) < 4.78 is 11.3. The van der Waals surface area contributed by atoms with E-state index in [0.29, 0.717) is 19.8 Å². The predicted octanol–water partition coefficient (Wildman–Crippen LogP) is 2.90. The molecule has 1 aromatic carbocycles. The Kier molecular flexibility index (Phi) is 3.36. The third-order valence-electron chi connectivity index (χ3n) is 6.38. The van der Waals surface area contributed by atoms with Crippen LogP contribution in [-0.2, 0) is 29.6 Å². The van der Waals surface area contributed by atoms with E-state index < -0.39 is 17.1 Å². The van der Waals surface area contributed by atoms with Crippen molar-refractivity contribution in [2.24, 2.45) is 11.8 Å². The van der Waals surface area contributed by atoms with Crippen molar-refractivity contribution in [2.45, 2.75) is 37.4 Å². The number of esters is 1. The average molecular weight is 342 g/mol. The number of hydrogen-bond donors (Lipinski definition) is 0. The van der Waals surface area contributed by atoms with Crippen LogP contribution in [0.5, 0.6) is 0 Å². The van der Waals surface area contributed by atoms with E-state index in [1.807, 2.05) is 37.3 Å². The van der Waals surface area contributed by atoms with E-state index in [-0.39, 0.29) is 11.9 Å². The summed E-state index contributed by atoms with van der Waals surface area (Å²) in [6.45, 7) is 3.26. The van der Waals surface area contributed by atoms with E-state index in [1.54, 1.807) is 0 Å². The molecule has 3 heterocycles. The van der Waals surface area contributed by atoms with E-state index in [1.165, 1.54) is 5.57 Å². The van der Waals surface area contributed by atoms with Crippen LogP contribution < -0.4 is 0 Å². The molecule has 132 valence electrons. The molecule has 3 aliphatic heterocycles. The van der Waals surface area contributed by atoms with E-state index in [4.69, 9.17) is 19.2 Å². The van der Waals surface area contributed by atoms with Crippen molar-refractivity contribution >= 4 is 5.97 Å². The van der Waals surface area contributed by atoms with Gasteiger partial charge in [0, 0.05) is 11.5 Å². The van der Waals surface area contributed by atoms with E-state index in [2.05, 4.69) is 0 Å². The van der Waals surface area contributed by atoms with Gasteiger partial charge in [0.2, 0.25) is 0 Å². The predicted molar refractivity (Wildman–Crippen MR) is 88.3 cm³/mol. The van der Waals surface area contributed by atoms with Gasteiger partial charge >= 0.3 is 5.97 Å². The summed E-state index contributed by atoms with van der Waals surface area (Å²) in [6, 6.07) is 9.91. The highest BCUT2D eigenvalue weighted by molar-refractivity contribution is 5.78. The zero-order valence-corrected chi connectivity index (χ0v) is 14.3. The van der Waals surface area contributed by atoms with Gasteiger partial charge in [0.25, 0.3) is 0 Å². The normalized spacial score (nSPS) is 38.6. The highest BCUT2D eigenvalue weighted by Gasteiger charge is 2.72. The summed E-state index contributed by atoms with van der Waals surface area (Å²) in [5, 5.41) is 0. The second kappa shape index (κ2) is 5.40. The van der Waals surface area contributed by atoms with E-state index >= 15 is 0 Å². The van der Waals surface area contributed by atoms with Crippen LogP contribution in [0.4, 0.5) is 0 Å². The molecular formula is C20H22O5. The Balaban J connectivity index is 1.76. The quantitative estimate of drug-likeness (QED) is 0.480. The third-order valence-corrected chi connectivity index (χ3v) is 6.38.